The highest BCUT2D eigenvalue weighted by atomic mass is 16.7. The lowest BCUT2D eigenvalue weighted by atomic mass is 9.84. The van der Waals surface area contributed by atoms with Gasteiger partial charge < -0.3 is 77.6 Å². The van der Waals surface area contributed by atoms with Crippen LogP contribution in [0.15, 0.2) is 0 Å². The molecule has 0 aromatic rings. The molecule has 1 aliphatic carbocycles. The first-order valence-electron chi connectivity index (χ1n) is 10.8. The van der Waals surface area contributed by atoms with Crippen molar-refractivity contribution >= 4 is 0 Å². The van der Waals surface area contributed by atoms with Gasteiger partial charge in [-0.05, 0) is 6.42 Å². The fourth-order valence-corrected chi connectivity index (χ4v) is 4.40. The van der Waals surface area contributed by atoms with Crippen LogP contribution in [0.25, 0.3) is 0 Å². The van der Waals surface area contributed by atoms with E-state index in [0.717, 1.165) is 0 Å². The van der Waals surface area contributed by atoms with Crippen LogP contribution in [0.3, 0.4) is 0 Å². The molecule has 2 saturated heterocycles. The Morgan fingerprint density at radius 3 is 1.70 bits per heavy atom. The maximum atomic E-state index is 10.9. The van der Waals surface area contributed by atoms with Crippen molar-refractivity contribution in [1.82, 2.24) is 0 Å². The van der Waals surface area contributed by atoms with Crippen LogP contribution in [0.1, 0.15) is 6.42 Å². The molecule has 15 heteroatoms. The second kappa shape index (κ2) is 11.0. The Morgan fingerprint density at radius 2 is 1.18 bits per heavy atom. The van der Waals surface area contributed by atoms with E-state index >= 15 is 0 Å². The third-order valence-corrected chi connectivity index (χ3v) is 6.48. The average molecular weight is 485 g/mol. The van der Waals surface area contributed by atoms with E-state index in [1.54, 1.807) is 0 Å². The van der Waals surface area contributed by atoms with E-state index in [2.05, 4.69) is 0 Å². The molecule has 1 saturated carbocycles. The zero-order valence-electron chi connectivity index (χ0n) is 17.9. The fourth-order valence-electron chi connectivity index (χ4n) is 4.40. The number of hydrogen-bond acceptors (Lipinski definition) is 15. The van der Waals surface area contributed by atoms with Gasteiger partial charge in [-0.3, -0.25) is 0 Å². The summed E-state index contributed by atoms with van der Waals surface area (Å²) in [7, 11) is 0. The Bertz CT molecular complexity index is 584. The number of aliphatic hydroxyl groups is 7. The average Bonchev–Trinajstić information content (AvgIpc) is 2.79. The third kappa shape index (κ3) is 5.32. The number of aliphatic hydroxyl groups excluding tert-OH is 7. The van der Waals surface area contributed by atoms with Crippen molar-refractivity contribution in [3.05, 3.63) is 0 Å². The topological polar surface area (TPSA) is 283 Å². The molecule has 0 bridgehead atoms. The molecule has 194 valence electrons. The van der Waals surface area contributed by atoms with Gasteiger partial charge in [-0.25, -0.2) is 0 Å². The molecule has 2 aliphatic heterocycles. The lowest BCUT2D eigenvalue weighted by Crippen LogP contribution is -2.68. The second-order valence-corrected chi connectivity index (χ2v) is 8.79. The molecule has 0 radical (unpaired) electrons. The molecule has 3 aliphatic rings. The van der Waals surface area contributed by atoms with Crippen LogP contribution in [0.5, 0.6) is 0 Å². The van der Waals surface area contributed by atoms with Crippen LogP contribution in [0, 0.1) is 0 Å². The minimum Gasteiger partial charge on any atom is -0.394 e. The minimum atomic E-state index is -1.66. The molecule has 2 heterocycles. The van der Waals surface area contributed by atoms with Crippen molar-refractivity contribution in [1.29, 1.82) is 0 Å². The van der Waals surface area contributed by atoms with Crippen molar-refractivity contribution in [3.8, 4) is 0 Å². The van der Waals surface area contributed by atoms with E-state index in [1.165, 1.54) is 0 Å². The standard InChI is InChI=1S/C18H36N4O11/c19-2-6-10(25)12(27)13(28)18(30-6)33-16-5(21)1-4(20)15(14(16)29)32-17-11(26)8(22)9(24)7(3-23)31-17/h4-18,23-29H,1-3,19-22H2/t4-,5?,6?,7-,8?,9-,10-,11-,12+,13?,14?,15-,16-,17?,18-/m1/s1. The van der Waals surface area contributed by atoms with E-state index in [4.69, 9.17) is 41.9 Å². The van der Waals surface area contributed by atoms with Gasteiger partial charge in [0, 0.05) is 18.6 Å². The Hall–Kier alpha value is -0.600. The van der Waals surface area contributed by atoms with Crippen molar-refractivity contribution in [2.24, 2.45) is 22.9 Å². The van der Waals surface area contributed by atoms with Crippen LogP contribution < -0.4 is 22.9 Å². The van der Waals surface area contributed by atoms with Crippen molar-refractivity contribution < 1.29 is 54.7 Å². The Balaban J connectivity index is 1.72. The Labute approximate surface area is 189 Å². The van der Waals surface area contributed by atoms with E-state index in [0.29, 0.717) is 0 Å². The molecule has 3 fully saturated rings. The summed E-state index contributed by atoms with van der Waals surface area (Å²) in [5.74, 6) is 0. The lowest BCUT2D eigenvalue weighted by Gasteiger charge is -2.48. The Morgan fingerprint density at radius 1 is 0.667 bits per heavy atom. The molecular formula is C18H36N4O11. The third-order valence-electron chi connectivity index (χ3n) is 6.48. The molecule has 15 nitrogen and oxygen atoms in total. The molecule has 15 atom stereocenters. The van der Waals surface area contributed by atoms with Crippen molar-refractivity contribution in [2.45, 2.75) is 98.2 Å². The van der Waals surface area contributed by atoms with E-state index in [9.17, 15) is 35.7 Å². The highest BCUT2D eigenvalue weighted by Gasteiger charge is 2.51. The summed E-state index contributed by atoms with van der Waals surface area (Å²) >= 11 is 0. The zero-order chi connectivity index (χ0) is 24.6. The van der Waals surface area contributed by atoms with Gasteiger partial charge >= 0.3 is 0 Å². The summed E-state index contributed by atoms with van der Waals surface area (Å²) in [6.07, 6.45) is -16.5. The summed E-state index contributed by atoms with van der Waals surface area (Å²) in [6, 6.07) is -2.86. The van der Waals surface area contributed by atoms with Gasteiger partial charge in [-0.15, -0.1) is 0 Å². The minimum absolute atomic E-state index is 0.0849. The smallest absolute Gasteiger partial charge is 0.187 e. The number of hydrogen-bond donors (Lipinski definition) is 11. The summed E-state index contributed by atoms with van der Waals surface area (Å²) in [6.45, 7) is -0.763. The van der Waals surface area contributed by atoms with Gasteiger partial charge in [0.05, 0.1) is 12.6 Å². The maximum Gasteiger partial charge on any atom is 0.187 e. The van der Waals surface area contributed by atoms with Gasteiger partial charge in [0.25, 0.3) is 0 Å². The van der Waals surface area contributed by atoms with Gasteiger partial charge in [-0.2, -0.15) is 0 Å². The SMILES string of the molecule is NCC1O[C@H](O[C@@H]2C(N)C[C@@H](N)[C@@H](OC3O[C@H](CO)[C@@H](O)C(N)[C@H]3O)C2O)C(O)[C@@H](O)[C@@H]1O. The van der Waals surface area contributed by atoms with Crippen LogP contribution in [-0.2, 0) is 18.9 Å². The second-order valence-electron chi connectivity index (χ2n) is 8.79. The molecule has 0 aromatic heterocycles. The molecule has 33 heavy (non-hydrogen) atoms. The fraction of sp³-hybridized carbons (Fsp3) is 1.00. The maximum absolute atomic E-state index is 10.9. The highest BCUT2D eigenvalue weighted by Crippen LogP contribution is 2.31. The number of nitrogens with two attached hydrogens (primary N) is 4. The van der Waals surface area contributed by atoms with Crippen LogP contribution in [0.4, 0.5) is 0 Å². The summed E-state index contributed by atoms with van der Waals surface area (Å²) < 4.78 is 22.2. The number of rotatable bonds is 6. The first-order chi connectivity index (χ1) is 15.5. The van der Waals surface area contributed by atoms with Gasteiger partial charge in [0.2, 0.25) is 0 Å². The summed E-state index contributed by atoms with van der Waals surface area (Å²) in [4.78, 5) is 0. The molecule has 0 amide bonds. The van der Waals surface area contributed by atoms with Crippen molar-refractivity contribution in [3.63, 3.8) is 0 Å². The number of ether oxygens (including phenoxy) is 4. The quantitative estimate of drug-likeness (QED) is 0.167. The molecule has 6 unspecified atom stereocenters. The van der Waals surface area contributed by atoms with E-state index in [1.807, 2.05) is 0 Å². The molecule has 0 aromatic carbocycles. The van der Waals surface area contributed by atoms with Crippen LogP contribution >= 0.6 is 0 Å². The van der Waals surface area contributed by atoms with Gasteiger partial charge in [-0.1, -0.05) is 0 Å². The summed E-state index contributed by atoms with van der Waals surface area (Å²) in [5, 5.41) is 70.9. The highest BCUT2D eigenvalue weighted by molar-refractivity contribution is 5.01. The molecular weight excluding hydrogens is 448 g/mol. The lowest BCUT2D eigenvalue weighted by molar-refractivity contribution is -0.332. The first kappa shape index (κ1) is 27.0. The Kier molecular flexibility index (Phi) is 8.99. The molecule has 0 spiro atoms. The summed E-state index contributed by atoms with van der Waals surface area (Å²) in [5.41, 5.74) is 23.5. The van der Waals surface area contributed by atoms with Crippen molar-refractivity contribution in [2.75, 3.05) is 13.2 Å². The van der Waals surface area contributed by atoms with E-state index in [-0.39, 0.29) is 13.0 Å². The van der Waals surface area contributed by atoms with Gasteiger partial charge in [0.15, 0.2) is 12.6 Å². The first-order valence-corrected chi connectivity index (χ1v) is 10.8. The van der Waals surface area contributed by atoms with E-state index < -0.39 is 98.4 Å². The predicted octanol–water partition coefficient (Wildman–Crippen LogP) is -7.29. The van der Waals surface area contributed by atoms with Gasteiger partial charge in [0.1, 0.15) is 61.0 Å². The predicted molar refractivity (Wildman–Crippen MR) is 108 cm³/mol. The van der Waals surface area contributed by atoms with Crippen LogP contribution in [-0.4, -0.2) is 141 Å². The largest absolute Gasteiger partial charge is 0.394 e. The molecule has 3 rings (SSSR count). The normalized spacial score (nSPS) is 53.7. The monoisotopic (exact) mass is 484 g/mol. The zero-order valence-corrected chi connectivity index (χ0v) is 17.9. The van der Waals surface area contributed by atoms with Crippen LogP contribution in [0.2, 0.25) is 0 Å². The molecule has 15 N–H and O–H groups in total.